The average Bonchev–Trinajstić information content (AvgIpc) is 2.49. The number of Topliss-reactive ketones (excluding diaryl/α,β-unsaturated/α-hetero) is 2. The molecule has 0 aliphatic rings. The Morgan fingerprint density at radius 2 is 0.897 bits per heavy atom. The van der Waals surface area contributed by atoms with Gasteiger partial charge in [0.05, 0.1) is 0 Å². The number of aliphatic hydroxyl groups is 2. The molecule has 29 heavy (non-hydrogen) atoms. The van der Waals surface area contributed by atoms with Gasteiger partial charge in [-0.15, -0.1) is 0 Å². The fourth-order valence-corrected chi connectivity index (χ4v) is 1.25. The van der Waals surface area contributed by atoms with E-state index >= 15 is 0 Å². The minimum absolute atomic E-state index is 0. The number of rotatable bonds is 10. The molecule has 2 N–H and O–H groups in total. The first kappa shape index (κ1) is 38.5. The SMILES string of the molecule is CC(C)O.CC(C)O.CCCCC(=O)CC(=O)[O-].CCCCC(=O)CC(=O)[O-].[Ti+2]. The summed E-state index contributed by atoms with van der Waals surface area (Å²) in [7, 11) is 0. The van der Waals surface area contributed by atoms with Gasteiger partial charge in [0, 0.05) is 49.8 Å². The zero-order chi connectivity index (χ0) is 23.1. The first-order valence-corrected chi connectivity index (χ1v) is 9.59. The maximum absolute atomic E-state index is 10.6. The Morgan fingerprint density at radius 3 is 1.03 bits per heavy atom. The zero-order valence-corrected chi connectivity index (χ0v) is 20.2. The maximum atomic E-state index is 10.6. The van der Waals surface area contributed by atoms with Crippen molar-refractivity contribution in [3.63, 3.8) is 0 Å². The molecule has 9 heteroatoms. The Hall–Kier alpha value is -1.09. The first-order valence-electron chi connectivity index (χ1n) is 9.59. The van der Waals surface area contributed by atoms with Crippen LogP contribution >= 0.6 is 0 Å². The van der Waals surface area contributed by atoms with Gasteiger partial charge < -0.3 is 30.0 Å². The monoisotopic (exact) mass is 454 g/mol. The molecule has 0 aromatic heterocycles. The van der Waals surface area contributed by atoms with Crippen molar-refractivity contribution in [1.82, 2.24) is 0 Å². The van der Waals surface area contributed by atoms with Gasteiger partial charge in [0.15, 0.2) is 0 Å². The van der Waals surface area contributed by atoms with E-state index in [0.29, 0.717) is 12.8 Å². The molecule has 170 valence electrons. The van der Waals surface area contributed by atoms with E-state index in [1.165, 1.54) is 0 Å². The molecular formula is C20H38O8Ti. The number of hydrogen-bond donors (Lipinski definition) is 2. The van der Waals surface area contributed by atoms with Crippen molar-refractivity contribution in [1.29, 1.82) is 0 Å². The fourth-order valence-electron chi connectivity index (χ4n) is 1.25. The van der Waals surface area contributed by atoms with Gasteiger partial charge in [0.2, 0.25) is 0 Å². The maximum Gasteiger partial charge on any atom is 2.00 e. The summed E-state index contributed by atoms with van der Waals surface area (Å²) < 4.78 is 0. The summed E-state index contributed by atoms with van der Waals surface area (Å²) in [5, 5.41) is 35.8. The molecule has 0 saturated heterocycles. The summed E-state index contributed by atoms with van der Waals surface area (Å²) in [5.41, 5.74) is 0. The molecule has 0 amide bonds. The molecule has 0 bridgehead atoms. The van der Waals surface area contributed by atoms with Crippen molar-refractivity contribution >= 4 is 23.5 Å². The molecule has 0 heterocycles. The van der Waals surface area contributed by atoms with Crippen LogP contribution in [-0.4, -0.2) is 45.9 Å². The Labute approximate surface area is 190 Å². The predicted molar refractivity (Wildman–Crippen MR) is 103 cm³/mol. The van der Waals surface area contributed by atoms with Crippen LogP contribution in [0.25, 0.3) is 0 Å². The topological polar surface area (TPSA) is 155 Å². The van der Waals surface area contributed by atoms with E-state index in [-0.39, 0.29) is 45.5 Å². The number of carboxylic acid groups (broad SMARTS) is 2. The third-order valence-electron chi connectivity index (χ3n) is 2.30. The molecule has 0 aromatic rings. The van der Waals surface area contributed by atoms with E-state index in [1.807, 2.05) is 13.8 Å². The molecule has 0 aromatic carbocycles. The van der Waals surface area contributed by atoms with Gasteiger partial charge in [-0.05, 0) is 40.5 Å². The summed E-state index contributed by atoms with van der Waals surface area (Å²) in [6.45, 7) is 10.8. The van der Waals surface area contributed by atoms with Crippen LogP contribution in [0.1, 0.15) is 92.9 Å². The molecule has 0 saturated carbocycles. The molecule has 0 radical (unpaired) electrons. The minimum Gasteiger partial charge on any atom is -0.550 e. The standard InChI is InChI=1S/2C7H12O3.2C3H8O.Ti/c2*1-2-3-4-6(8)5-7(9)10;2*1-3(2)4;/h2*2-5H2,1H3,(H,9,10);2*3-4H,1-2H3;/q;;;;+2/p-2. The second-order valence-corrected chi connectivity index (χ2v) is 6.57. The van der Waals surface area contributed by atoms with Crippen molar-refractivity contribution in [3.8, 4) is 0 Å². The van der Waals surface area contributed by atoms with Gasteiger partial charge in [-0.25, -0.2) is 0 Å². The molecule has 0 unspecified atom stereocenters. The normalized spacial score (nSPS) is 8.90. The third-order valence-corrected chi connectivity index (χ3v) is 2.30. The molecule has 0 atom stereocenters. The Bertz CT molecular complexity index is 366. The third kappa shape index (κ3) is 75.1. The molecule has 0 fully saturated rings. The van der Waals surface area contributed by atoms with E-state index in [4.69, 9.17) is 10.2 Å². The summed E-state index contributed by atoms with van der Waals surface area (Å²) in [5.74, 6) is -3.02. The van der Waals surface area contributed by atoms with Gasteiger partial charge in [0.25, 0.3) is 0 Å². The smallest absolute Gasteiger partial charge is 0.550 e. The van der Waals surface area contributed by atoms with E-state index in [2.05, 4.69) is 0 Å². The van der Waals surface area contributed by atoms with Gasteiger partial charge in [0.1, 0.15) is 11.6 Å². The average molecular weight is 454 g/mol. The number of aliphatic hydroxyl groups excluding tert-OH is 2. The number of unbranched alkanes of at least 4 members (excludes halogenated alkanes) is 2. The molecule has 8 nitrogen and oxygen atoms in total. The summed E-state index contributed by atoms with van der Waals surface area (Å²) in [6.07, 6.45) is 2.91. The van der Waals surface area contributed by atoms with E-state index in [9.17, 15) is 29.4 Å². The van der Waals surface area contributed by atoms with Gasteiger partial charge in [-0.2, -0.15) is 0 Å². The number of carboxylic acids is 2. The molecule has 0 spiro atoms. The molecule has 0 rings (SSSR count). The van der Waals surface area contributed by atoms with Crippen molar-refractivity contribution in [3.05, 3.63) is 0 Å². The van der Waals surface area contributed by atoms with Gasteiger partial charge in [-0.3, -0.25) is 9.59 Å². The number of aliphatic carboxylic acids is 2. The molecule has 0 aliphatic heterocycles. The number of hydrogen-bond acceptors (Lipinski definition) is 8. The van der Waals surface area contributed by atoms with Crippen LogP contribution in [-0.2, 0) is 40.9 Å². The van der Waals surface area contributed by atoms with Crippen molar-refractivity contribution in [2.24, 2.45) is 0 Å². The van der Waals surface area contributed by atoms with Gasteiger partial charge in [-0.1, -0.05) is 26.7 Å². The summed E-state index contributed by atoms with van der Waals surface area (Å²) in [6, 6.07) is 0. The Morgan fingerprint density at radius 1 is 0.690 bits per heavy atom. The van der Waals surface area contributed by atoms with Crippen LogP contribution in [0.4, 0.5) is 0 Å². The summed E-state index contributed by atoms with van der Waals surface area (Å²) in [4.78, 5) is 40.9. The summed E-state index contributed by atoms with van der Waals surface area (Å²) >= 11 is 0. The molecule has 0 aliphatic carbocycles. The van der Waals surface area contributed by atoms with Crippen molar-refractivity contribution in [2.45, 2.75) is 105 Å². The number of ketones is 2. The van der Waals surface area contributed by atoms with E-state index in [0.717, 1.165) is 25.7 Å². The van der Waals surface area contributed by atoms with E-state index < -0.39 is 24.8 Å². The largest absolute Gasteiger partial charge is 2.00 e. The van der Waals surface area contributed by atoms with Crippen molar-refractivity contribution < 1.29 is 61.3 Å². The number of carbonyl (C=O) groups is 4. The van der Waals surface area contributed by atoms with Crippen LogP contribution in [0.15, 0.2) is 0 Å². The minimum atomic E-state index is -1.28. The zero-order valence-electron chi connectivity index (χ0n) is 18.7. The fraction of sp³-hybridized carbons (Fsp3) is 0.800. The molecular weight excluding hydrogens is 416 g/mol. The number of carbonyl (C=O) groups excluding carboxylic acids is 4. The van der Waals surface area contributed by atoms with Crippen LogP contribution in [0.3, 0.4) is 0 Å². The quantitative estimate of drug-likeness (QED) is 0.358. The van der Waals surface area contributed by atoms with Crippen LogP contribution < -0.4 is 10.2 Å². The van der Waals surface area contributed by atoms with Crippen LogP contribution in [0.5, 0.6) is 0 Å². The van der Waals surface area contributed by atoms with Crippen LogP contribution in [0, 0.1) is 0 Å². The predicted octanol–water partition coefficient (Wildman–Crippen LogP) is 0.543. The Balaban J connectivity index is -0.0000000950. The second-order valence-electron chi connectivity index (χ2n) is 6.57. The van der Waals surface area contributed by atoms with Crippen LogP contribution in [0.2, 0.25) is 0 Å². The first-order chi connectivity index (χ1) is 12.8. The van der Waals surface area contributed by atoms with Gasteiger partial charge >= 0.3 is 21.7 Å². The van der Waals surface area contributed by atoms with E-state index in [1.54, 1.807) is 27.7 Å². The van der Waals surface area contributed by atoms with Crippen molar-refractivity contribution in [2.75, 3.05) is 0 Å². The second kappa shape index (κ2) is 29.1. The Kier molecular flexibility index (Phi) is 38.7.